The van der Waals surface area contributed by atoms with E-state index in [0.29, 0.717) is 16.9 Å². The number of benzene rings is 2. The Kier molecular flexibility index (Phi) is 5.75. The first kappa shape index (κ1) is 20.6. The zero-order valence-corrected chi connectivity index (χ0v) is 17.3. The lowest BCUT2D eigenvalue weighted by molar-refractivity contribution is -0.120. The smallest absolute Gasteiger partial charge is 0.338 e. The van der Waals surface area contributed by atoms with E-state index in [1.165, 1.54) is 0 Å². The number of hydrogen-bond donors (Lipinski definition) is 1. The van der Waals surface area contributed by atoms with Crippen LogP contribution in [-0.2, 0) is 14.3 Å². The Morgan fingerprint density at radius 2 is 1.69 bits per heavy atom. The van der Waals surface area contributed by atoms with Crippen molar-refractivity contribution in [1.82, 2.24) is 0 Å². The van der Waals surface area contributed by atoms with Crippen LogP contribution in [0.3, 0.4) is 0 Å². The third-order valence-corrected chi connectivity index (χ3v) is 4.55. The summed E-state index contributed by atoms with van der Waals surface area (Å²) in [5, 5.41) is 2.67. The molecule has 3 rings (SSSR count). The molecule has 0 atom stereocenters. The van der Waals surface area contributed by atoms with Crippen molar-refractivity contribution in [3.05, 3.63) is 69.9 Å². The van der Waals surface area contributed by atoms with E-state index in [9.17, 15) is 14.4 Å². The van der Waals surface area contributed by atoms with Crippen molar-refractivity contribution in [3.63, 3.8) is 0 Å². The summed E-state index contributed by atoms with van der Waals surface area (Å²) < 4.78 is 5.18. The van der Waals surface area contributed by atoms with Gasteiger partial charge in [-0.25, -0.2) is 9.69 Å². The second-order valence-electron chi connectivity index (χ2n) is 7.14. The number of imide groups is 1. The predicted molar refractivity (Wildman–Crippen MR) is 112 cm³/mol. The zero-order chi connectivity index (χ0) is 21.3. The molecule has 2 aromatic carbocycles. The Hall–Kier alpha value is -3.12. The molecule has 1 aliphatic rings. The third kappa shape index (κ3) is 4.32. The fraction of sp³-hybridized carbons (Fsp3) is 0.227. The van der Waals surface area contributed by atoms with Crippen LogP contribution >= 0.6 is 11.6 Å². The average Bonchev–Trinajstić information content (AvgIpc) is 2.84. The quantitative estimate of drug-likeness (QED) is 0.585. The highest BCUT2D eigenvalue weighted by Gasteiger charge is 2.39. The number of carbonyl (C=O) groups is 3. The van der Waals surface area contributed by atoms with E-state index in [2.05, 4.69) is 5.32 Å². The highest BCUT2D eigenvalue weighted by Crippen LogP contribution is 2.31. The Labute approximate surface area is 174 Å². The second kappa shape index (κ2) is 8.09. The molecule has 0 saturated carbocycles. The van der Waals surface area contributed by atoms with Crippen molar-refractivity contribution in [2.24, 2.45) is 0 Å². The van der Waals surface area contributed by atoms with E-state index in [-0.39, 0.29) is 16.8 Å². The van der Waals surface area contributed by atoms with Crippen LogP contribution in [0.15, 0.2) is 53.2 Å². The fourth-order valence-corrected chi connectivity index (χ4v) is 3.29. The maximum Gasteiger partial charge on any atom is 0.338 e. The summed E-state index contributed by atoms with van der Waals surface area (Å²) >= 11 is 6.18. The number of ether oxygens (including phenoxy) is 1. The third-order valence-electron chi connectivity index (χ3n) is 4.20. The molecule has 0 fully saturated rings. The van der Waals surface area contributed by atoms with Gasteiger partial charge in [0.15, 0.2) is 0 Å². The van der Waals surface area contributed by atoms with Crippen LogP contribution in [0, 0.1) is 13.8 Å². The fourth-order valence-electron chi connectivity index (χ4n) is 3.08. The van der Waals surface area contributed by atoms with Gasteiger partial charge in [-0.15, -0.1) is 0 Å². The van der Waals surface area contributed by atoms with E-state index in [1.54, 1.807) is 50.2 Å². The predicted octanol–water partition coefficient (Wildman–Crippen LogP) is 4.30. The van der Waals surface area contributed by atoms with E-state index in [1.807, 2.05) is 19.9 Å². The molecule has 0 aromatic heterocycles. The number of hydrogen-bond acceptors (Lipinski definition) is 5. The van der Waals surface area contributed by atoms with Gasteiger partial charge in [-0.1, -0.05) is 23.7 Å². The molecular formula is C22H21ClN2O4. The summed E-state index contributed by atoms with van der Waals surface area (Å²) in [6.45, 7) is 7.29. The highest BCUT2D eigenvalue weighted by atomic mass is 35.5. The van der Waals surface area contributed by atoms with Crippen LogP contribution in [0.4, 0.5) is 11.4 Å². The summed E-state index contributed by atoms with van der Waals surface area (Å²) in [6, 6.07) is 11.9. The number of nitrogens with one attached hydrogen (secondary N) is 1. The maximum absolute atomic E-state index is 12.9. The molecular weight excluding hydrogens is 392 g/mol. The normalized spacial score (nSPS) is 14.1. The molecule has 29 heavy (non-hydrogen) atoms. The van der Waals surface area contributed by atoms with Gasteiger partial charge in [-0.3, -0.25) is 9.59 Å². The molecule has 0 aliphatic carbocycles. The summed E-state index contributed by atoms with van der Waals surface area (Å²) in [6.07, 6.45) is -0.253. The Morgan fingerprint density at radius 3 is 2.31 bits per heavy atom. The van der Waals surface area contributed by atoms with Crippen LogP contribution in [0.1, 0.15) is 35.3 Å². The number of aryl methyl sites for hydroxylation is 2. The van der Waals surface area contributed by atoms with Gasteiger partial charge in [0.1, 0.15) is 10.7 Å². The lowest BCUT2D eigenvalue weighted by atomic mass is 10.1. The van der Waals surface area contributed by atoms with Crippen LogP contribution < -0.4 is 10.2 Å². The molecule has 0 saturated heterocycles. The molecule has 0 spiro atoms. The summed E-state index contributed by atoms with van der Waals surface area (Å²) in [4.78, 5) is 38.7. The number of nitrogens with zero attached hydrogens (tertiary/aromatic N) is 1. The second-order valence-corrected chi connectivity index (χ2v) is 7.52. The van der Waals surface area contributed by atoms with Gasteiger partial charge in [-0.05, 0) is 69.2 Å². The van der Waals surface area contributed by atoms with Crippen LogP contribution in [0.5, 0.6) is 0 Å². The van der Waals surface area contributed by atoms with Crippen molar-refractivity contribution in [2.45, 2.75) is 33.8 Å². The van der Waals surface area contributed by atoms with Gasteiger partial charge in [0.05, 0.1) is 17.4 Å². The Balaban J connectivity index is 1.87. The number of anilines is 2. The van der Waals surface area contributed by atoms with Crippen molar-refractivity contribution in [2.75, 3.05) is 10.2 Å². The first-order valence-electron chi connectivity index (χ1n) is 9.12. The van der Waals surface area contributed by atoms with Gasteiger partial charge in [0.25, 0.3) is 11.8 Å². The topological polar surface area (TPSA) is 75.7 Å². The molecule has 7 heteroatoms. The molecule has 0 radical (unpaired) electrons. The van der Waals surface area contributed by atoms with Gasteiger partial charge in [0, 0.05) is 5.69 Å². The van der Waals surface area contributed by atoms with Crippen molar-refractivity contribution in [3.8, 4) is 0 Å². The number of esters is 1. The molecule has 150 valence electrons. The molecule has 1 aliphatic heterocycles. The first-order chi connectivity index (χ1) is 13.7. The summed E-state index contributed by atoms with van der Waals surface area (Å²) in [5.74, 6) is -1.63. The standard InChI is InChI=1S/C22H21ClN2O4/c1-12(2)29-22(28)15-6-5-7-16(11-15)24-19-18(23)20(26)25(21(19)27)17-9-13(3)8-14(4)10-17/h5-12,24H,1-4H3. The van der Waals surface area contributed by atoms with Gasteiger partial charge >= 0.3 is 5.97 Å². The minimum atomic E-state index is -0.598. The number of carbonyl (C=O) groups excluding carboxylic acids is 3. The lowest BCUT2D eigenvalue weighted by Crippen LogP contribution is -2.32. The zero-order valence-electron chi connectivity index (χ0n) is 16.6. The minimum Gasteiger partial charge on any atom is -0.459 e. The van der Waals surface area contributed by atoms with Gasteiger partial charge in [0.2, 0.25) is 0 Å². The molecule has 1 N–H and O–H groups in total. The molecule has 0 unspecified atom stereocenters. The monoisotopic (exact) mass is 412 g/mol. The summed E-state index contributed by atoms with van der Waals surface area (Å²) in [7, 11) is 0. The molecule has 0 bridgehead atoms. The van der Waals surface area contributed by atoms with Crippen LogP contribution in [0.25, 0.3) is 0 Å². The molecule has 6 nitrogen and oxygen atoms in total. The van der Waals surface area contributed by atoms with E-state index < -0.39 is 17.8 Å². The van der Waals surface area contributed by atoms with Crippen molar-refractivity contribution >= 4 is 40.8 Å². The molecule has 2 aromatic rings. The van der Waals surface area contributed by atoms with Crippen LogP contribution in [0.2, 0.25) is 0 Å². The largest absolute Gasteiger partial charge is 0.459 e. The summed E-state index contributed by atoms with van der Waals surface area (Å²) in [5.41, 5.74) is 3.04. The van der Waals surface area contributed by atoms with Gasteiger partial charge in [-0.2, -0.15) is 0 Å². The van der Waals surface area contributed by atoms with E-state index >= 15 is 0 Å². The Bertz CT molecular complexity index is 1020. The average molecular weight is 413 g/mol. The molecule has 2 amide bonds. The van der Waals surface area contributed by atoms with Crippen LogP contribution in [-0.4, -0.2) is 23.9 Å². The van der Waals surface area contributed by atoms with Crippen molar-refractivity contribution < 1.29 is 19.1 Å². The van der Waals surface area contributed by atoms with E-state index in [4.69, 9.17) is 16.3 Å². The number of rotatable bonds is 5. The van der Waals surface area contributed by atoms with E-state index in [0.717, 1.165) is 16.0 Å². The highest BCUT2D eigenvalue weighted by molar-refractivity contribution is 6.53. The lowest BCUT2D eigenvalue weighted by Gasteiger charge is -2.16. The number of halogens is 1. The minimum absolute atomic E-state index is 0.0368. The number of amides is 2. The maximum atomic E-state index is 12.9. The van der Waals surface area contributed by atoms with Gasteiger partial charge < -0.3 is 10.1 Å². The van der Waals surface area contributed by atoms with Crippen molar-refractivity contribution in [1.29, 1.82) is 0 Å². The Morgan fingerprint density at radius 1 is 1.03 bits per heavy atom. The first-order valence-corrected chi connectivity index (χ1v) is 9.50. The molecule has 1 heterocycles. The SMILES string of the molecule is Cc1cc(C)cc(N2C(=O)C(Cl)=C(Nc3cccc(C(=O)OC(C)C)c3)C2=O)c1.